The Hall–Kier alpha value is -2.21. The van der Waals surface area contributed by atoms with Crippen LogP contribution in [0.25, 0.3) is 11.4 Å². The number of hydrogen-bond donors (Lipinski definition) is 1. The maximum Gasteiger partial charge on any atom is 0.254 e. The topological polar surface area (TPSA) is 85.2 Å². The lowest BCUT2D eigenvalue weighted by Gasteiger charge is -2.21. The molecule has 2 atom stereocenters. The SMILES string of the molecule is CC1CC(CN)CN1C(=O)c1ccc(-c2ncon2)cc1. The normalized spacial score (nSPS) is 21.7. The second kappa shape index (κ2) is 5.65. The third-order valence-electron chi connectivity index (χ3n) is 4.01. The molecule has 2 aromatic rings. The molecule has 1 aliphatic heterocycles. The molecule has 1 fully saturated rings. The van der Waals surface area contributed by atoms with E-state index in [1.165, 1.54) is 6.39 Å². The van der Waals surface area contributed by atoms with E-state index in [-0.39, 0.29) is 11.9 Å². The van der Waals surface area contributed by atoms with Crippen LogP contribution in [0, 0.1) is 5.92 Å². The van der Waals surface area contributed by atoms with Crippen molar-refractivity contribution in [2.45, 2.75) is 19.4 Å². The molecule has 2 unspecified atom stereocenters. The van der Waals surface area contributed by atoms with Crippen LogP contribution in [-0.4, -0.2) is 40.1 Å². The van der Waals surface area contributed by atoms with Crippen molar-refractivity contribution in [2.24, 2.45) is 11.7 Å². The van der Waals surface area contributed by atoms with Crippen molar-refractivity contribution in [3.63, 3.8) is 0 Å². The monoisotopic (exact) mass is 286 g/mol. The Labute approximate surface area is 122 Å². The van der Waals surface area contributed by atoms with Gasteiger partial charge in [0, 0.05) is 23.7 Å². The average molecular weight is 286 g/mol. The molecule has 1 saturated heterocycles. The number of likely N-dealkylation sites (tertiary alicyclic amines) is 1. The predicted octanol–water partition coefficient (Wildman–Crippen LogP) is 1.55. The molecule has 0 saturated carbocycles. The fourth-order valence-corrected chi connectivity index (χ4v) is 2.82. The molecule has 1 aliphatic rings. The zero-order chi connectivity index (χ0) is 14.8. The number of hydrogen-bond acceptors (Lipinski definition) is 5. The van der Waals surface area contributed by atoms with Crippen LogP contribution < -0.4 is 5.73 Å². The van der Waals surface area contributed by atoms with Crippen molar-refractivity contribution in [1.82, 2.24) is 15.0 Å². The molecule has 1 aromatic heterocycles. The van der Waals surface area contributed by atoms with E-state index in [1.807, 2.05) is 17.0 Å². The molecule has 1 aromatic carbocycles. The largest absolute Gasteiger partial charge is 0.342 e. The summed E-state index contributed by atoms with van der Waals surface area (Å²) in [5.41, 5.74) is 7.21. The predicted molar refractivity (Wildman–Crippen MR) is 77.4 cm³/mol. The Balaban J connectivity index is 1.76. The Bertz CT molecular complexity index is 609. The summed E-state index contributed by atoms with van der Waals surface area (Å²) in [6.07, 6.45) is 2.26. The lowest BCUT2D eigenvalue weighted by molar-refractivity contribution is 0.0743. The minimum Gasteiger partial charge on any atom is -0.342 e. The lowest BCUT2D eigenvalue weighted by atomic mass is 10.1. The van der Waals surface area contributed by atoms with Crippen molar-refractivity contribution >= 4 is 5.91 Å². The van der Waals surface area contributed by atoms with Gasteiger partial charge in [0.05, 0.1) is 0 Å². The first-order chi connectivity index (χ1) is 10.2. The van der Waals surface area contributed by atoms with E-state index in [0.717, 1.165) is 18.5 Å². The number of aromatic nitrogens is 2. The number of carbonyl (C=O) groups excluding carboxylic acids is 1. The van der Waals surface area contributed by atoms with Gasteiger partial charge >= 0.3 is 0 Å². The first-order valence-corrected chi connectivity index (χ1v) is 7.07. The Morgan fingerprint density at radius 1 is 1.43 bits per heavy atom. The third kappa shape index (κ3) is 2.67. The number of benzene rings is 1. The van der Waals surface area contributed by atoms with E-state index < -0.39 is 0 Å². The first kappa shape index (κ1) is 13.8. The van der Waals surface area contributed by atoms with E-state index in [1.54, 1.807) is 12.1 Å². The molecule has 0 aliphatic carbocycles. The van der Waals surface area contributed by atoms with Gasteiger partial charge in [-0.3, -0.25) is 4.79 Å². The molecule has 0 bridgehead atoms. The molecule has 2 heterocycles. The van der Waals surface area contributed by atoms with Crippen molar-refractivity contribution < 1.29 is 9.32 Å². The molecule has 0 radical (unpaired) electrons. The van der Waals surface area contributed by atoms with Crippen molar-refractivity contribution in [3.05, 3.63) is 36.2 Å². The summed E-state index contributed by atoms with van der Waals surface area (Å²) in [4.78, 5) is 18.4. The van der Waals surface area contributed by atoms with E-state index in [4.69, 9.17) is 10.3 Å². The van der Waals surface area contributed by atoms with Crippen LogP contribution in [0.5, 0.6) is 0 Å². The van der Waals surface area contributed by atoms with Gasteiger partial charge in [0.2, 0.25) is 12.2 Å². The van der Waals surface area contributed by atoms with Gasteiger partial charge in [-0.2, -0.15) is 4.98 Å². The van der Waals surface area contributed by atoms with E-state index in [9.17, 15) is 4.79 Å². The average Bonchev–Trinajstić information content (AvgIpc) is 3.16. The van der Waals surface area contributed by atoms with Crippen LogP contribution in [-0.2, 0) is 0 Å². The van der Waals surface area contributed by atoms with Gasteiger partial charge in [0.15, 0.2) is 0 Å². The molecule has 6 heteroatoms. The Morgan fingerprint density at radius 2 is 2.19 bits per heavy atom. The second-order valence-corrected chi connectivity index (χ2v) is 5.48. The maximum absolute atomic E-state index is 12.6. The van der Waals surface area contributed by atoms with E-state index in [2.05, 4.69) is 17.1 Å². The van der Waals surface area contributed by atoms with Crippen LogP contribution >= 0.6 is 0 Å². The highest BCUT2D eigenvalue weighted by Crippen LogP contribution is 2.24. The maximum atomic E-state index is 12.6. The molecule has 2 N–H and O–H groups in total. The molecule has 1 amide bonds. The zero-order valence-electron chi connectivity index (χ0n) is 11.9. The molecule has 6 nitrogen and oxygen atoms in total. The summed E-state index contributed by atoms with van der Waals surface area (Å²) < 4.78 is 4.72. The molecule has 110 valence electrons. The second-order valence-electron chi connectivity index (χ2n) is 5.48. The van der Waals surface area contributed by atoms with Gasteiger partial charge in [0.1, 0.15) is 0 Å². The summed E-state index contributed by atoms with van der Waals surface area (Å²) in [5, 5.41) is 3.78. The van der Waals surface area contributed by atoms with Crippen molar-refractivity contribution in [1.29, 1.82) is 0 Å². The van der Waals surface area contributed by atoms with Crippen molar-refractivity contribution in [3.8, 4) is 11.4 Å². The van der Waals surface area contributed by atoms with Crippen LogP contribution in [0.1, 0.15) is 23.7 Å². The van der Waals surface area contributed by atoms with Gasteiger partial charge in [-0.25, -0.2) is 0 Å². The highest BCUT2D eigenvalue weighted by molar-refractivity contribution is 5.95. The number of nitrogens with two attached hydrogens (primary N) is 1. The van der Waals surface area contributed by atoms with Gasteiger partial charge in [-0.05, 0) is 37.9 Å². The van der Waals surface area contributed by atoms with Gasteiger partial charge < -0.3 is 15.2 Å². The summed E-state index contributed by atoms with van der Waals surface area (Å²) in [6, 6.07) is 7.51. The Kier molecular flexibility index (Phi) is 3.70. The standard InChI is InChI=1S/C15H18N4O2/c1-10-6-11(7-16)8-19(10)15(20)13-4-2-12(3-5-13)14-17-9-21-18-14/h2-5,9-11H,6-8,16H2,1H3. The molecule has 3 rings (SSSR count). The van der Waals surface area contributed by atoms with Gasteiger partial charge in [0.25, 0.3) is 5.91 Å². The minimum atomic E-state index is 0.0538. The van der Waals surface area contributed by atoms with Crippen LogP contribution in [0.4, 0.5) is 0 Å². The van der Waals surface area contributed by atoms with E-state index in [0.29, 0.717) is 23.9 Å². The fourth-order valence-electron chi connectivity index (χ4n) is 2.82. The molecule has 0 spiro atoms. The molecular formula is C15H18N4O2. The number of amides is 1. The smallest absolute Gasteiger partial charge is 0.254 e. The Morgan fingerprint density at radius 3 is 2.76 bits per heavy atom. The lowest BCUT2D eigenvalue weighted by Crippen LogP contribution is -2.34. The van der Waals surface area contributed by atoms with Gasteiger partial charge in [-0.1, -0.05) is 17.3 Å². The van der Waals surface area contributed by atoms with Gasteiger partial charge in [-0.15, -0.1) is 0 Å². The van der Waals surface area contributed by atoms with Crippen LogP contribution in [0.2, 0.25) is 0 Å². The number of nitrogens with zero attached hydrogens (tertiary/aromatic N) is 3. The van der Waals surface area contributed by atoms with Crippen molar-refractivity contribution in [2.75, 3.05) is 13.1 Å². The first-order valence-electron chi connectivity index (χ1n) is 7.07. The summed E-state index contributed by atoms with van der Waals surface area (Å²) in [5.74, 6) is 0.979. The fraction of sp³-hybridized carbons (Fsp3) is 0.400. The zero-order valence-corrected chi connectivity index (χ0v) is 11.9. The summed E-state index contributed by atoms with van der Waals surface area (Å²) in [7, 11) is 0. The summed E-state index contributed by atoms with van der Waals surface area (Å²) in [6.45, 7) is 3.44. The third-order valence-corrected chi connectivity index (χ3v) is 4.01. The van der Waals surface area contributed by atoms with E-state index >= 15 is 0 Å². The summed E-state index contributed by atoms with van der Waals surface area (Å²) >= 11 is 0. The van der Waals surface area contributed by atoms with Crippen LogP contribution in [0.15, 0.2) is 35.2 Å². The molecular weight excluding hydrogens is 268 g/mol. The highest BCUT2D eigenvalue weighted by Gasteiger charge is 2.31. The molecule has 21 heavy (non-hydrogen) atoms. The number of carbonyl (C=O) groups is 1. The number of rotatable bonds is 3. The minimum absolute atomic E-state index is 0.0538. The highest BCUT2D eigenvalue weighted by atomic mass is 16.5. The quantitative estimate of drug-likeness (QED) is 0.925. The van der Waals surface area contributed by atoms with Crippen LogP contribution in [0.3, 0.4) is 0 Å².